The van der Waals surface area contributed by atoms with Gasteiger partial charge in [0.25, 0.3) is 0 Å². The number of thiazole rings is 1. The number of aromatic nitrogens is 1. The van der Waals surface area contributed by atoms with Crippen LogP contribution in [0.3, 0.4) is 0 Å². The summed E-state index contributed by atoms with van der Waals surface area (Å²) < 4.78 is 16.9. The lowest BCUT2D eigenvalue weighted by molar-refractivity contribution is -0.111. The third kappa shape index (κ3) is 4.18. The Labute approximate surface area is 184 Å². The number of rotatable bonds is 6. The van der Waals surface area contributed by atoms with Gasteiger partial charge < -0.3 is 13.9 Å². The summed E-state index contributed by atoms with van der Waals surface area (Å²) in [6, 6.07) is 11.6. The normalized spacial score (nSPS) is 11.5. The SMILES string of the molecule is COc1cc2occ(-c3ccccc3OC)c2cc1/C(C)=C/C(=O)Nc1nc(C)cs1. The Balaban J connectivity index is 1.75. The minimum atomic E-state index is -0.244. The average Bonchev–Trinajstić information content (AvgIpc) is 3.37. The van der Waals surface area contributed by atoms with Gasteiger partial charge in [0.05, 0.1) is 26.2 Å². The Hall–Kier alpha value is -3.58. The number of benzene rings is 2. The molecule has 6 nitrogen and oxygen atoms in total. The van der Waals surface area contributed by atoms with E-state index in [0.717, 1.165) is 39.1 Å². The monoisotopic (exact) mass is 434 g/mol. The summed E-state index contributed by atoms with van der Waals surface area (Å²) in [6.07, 6.45) is 3.26. The van der Waals surface area contributed by atoms with Crippen LogP contribution in [0.2, 0.25) is 0 Å². The van der Waals surface area contributed by atoms with Gasteiger partial charge in [-0.05, 0) is 31.6 Å². The zero-order valence-corrected chi connectivity index (χ0v) is 18.5. The molecule has 0 atom stereocenters. The van der Waals surface area contributed by atoms with E-state index >= 15 is 0 Å². The quantitative estimate of drug-likeness (QED) is 0.381. The van der Waals surface area contributed by atoms with Crippen molar-refractivity contribution in [1.82, 2.24) is 4.98 Å². The molecule has 0 saturated heterocycles. The summed E-state index contributed by atoms with van der Waals surface area (Å²) in [6.45, 7) is 3.76. The number of furan rings is 1. The lowest BCUT2D eigenvalue weighted by atomic mass is 9.99. The molecule has 4 aromatic rings. The molecule has 0 unspecified atom stereocenters. The van der Waals surface area contributed by atoms with E-state index in [2.05, 4.69) is 10.3 Å². The minimum absolute atomic E-state index is 0.244. The number of ether oxygens (including phenoxy) is 2. The number of anilines is 1. The van der Waals surface area contributed by atoms with Gasteiger partial charge in [-0.1, -0.05) is 18.2 Å². The maximum atomic E-state index is 12.5. The van der Waals surface area contributed by atoms with E-state index < -0.39 is 0 Å². The summed E-state index contributed by atoms with van der Waals surface area (Å²) in [7, 11) is 3.24. The Morgan fingerprint density at radius 1 is 1.13 bits per heavy atom. The molecule has 0 aliphatic carbocycles. The van der Waals surface area contributed by atoms with Gasteiger partial charge in [-0.3, -0.25) is 10.1 Å². The van der Waals surface area contributed by atoms with Gasteiger partial charge in [-0.25, -0.2) is 4.98 Å². The first-order valence-corrected chi connectivity index (χ1v) is 10.5. The van der Waals surface area contributed by atoms with E-state index in [1.807, 2.05) is 55.6 Å². The predicted molar refractivity (Wildman–Crippen MR) is 124 cm³/mol. The fraction of sp³-hybridized carbons (Fsp3) is 0.167. The molecule has 0 saturated carbocycles. The molecule has 31 heavy (non-hydrogen) atoms. The van der Waals surface area contributed by atoms with E-state index in [0.29, 0.717) is 16.5 Å². The maximum Gasteiger partial charge on any atom is 0.250 e. The molecule has 2 aromatic heterocycles. The van der Waals surface area contributed by atoms with Gasteiger partial charge in [-0.15, -0.1) is 11.3 Å². The molecule has 1 amide bonds. The molecule has 0 radical (unpaired) electrons. The number of methoxy groups -OCH3 is 2. The van der Waals surface area contributed by atoms with Crippen molar-refractivity contribution in [2.24, 2.45) is 0 Å². The number of hydrogen-bond acceptors (Lipinski definition) is 6. The number of fused-ring (bicyclic) bond motifs is 1. The van der Waals surface area contributed by atoms with Gasteiger partial charge >= 0.3 is 0 Å². The fourth-order valence-corrected chi connectivity index (χ4v) is 4.13. The number of allylic oxidation sites excluding steroid dienone is 1. The number of nitrogens with one attached hydrogen (secondary N) is 1. The lowest BCUT2D eigenvalue weighted by Crippen LogP contribution is -2.08. The van der Waals surface area contributed by atoms with Crippen LogP contribution in [0.1, 0.15) is 18.2 Å². The second kappa shape index (κ2) is 8.65. The van der Waals surface area contributed by atoms with Crippen molar-refractivity contribution in [3.05, 3.63) is 65.4 Å². The molecule has 2 aromatic carbocycles. The van der Waals surface area contributed by atoms with Gasteiger partial charge in [0, 0.05) is 39.6 Å². The molecular formula is C24H22N2O4S. The number of carbonyl (C=O) groups excluding carboxylic acids is 1. The Kier molecular flexibility index (Phi) is 5.77. The first-order valence-electron chi connectivity index (χ1n) is 9.64. The van der Waals surface area contributed by atoms with E-state index in [1.54, 1.807) is 26.6 Å². The van der Waals surface area contributed by atoms with Crippen molar-refractivity contribution in [2.45, 2.75) is 13.8 Å². The standard InChI is InChI=1S/C24H22N2O4S/c1-14(9-23(27)26-24-25-15(2)13-31-24)17-10-18-19(12-30-22(18)11-21(17)29-4)16-7-5-6-8-20(16)28-3/h5-13H,1-4H3,(H,25,26,27)/b14-9+. The average molecular weight is 435 g/mol. The smallest absolute Gasteiger partial charge is 0.250 e. The minimum Gasteiger partial charge on any atom is -0.496 e. The highest BCUT2D eigenvalue weighted by atomic mass is 32.1. The Morgan fingerprint density at radius 2 is 1.90 bits per heavy atom. The van der Waals surface area contributed by atoms with E-state index in [1.165, 1.54) is 11.3 Å². The highest BCUT2D eigenvalue weighted by Gasteiger charge is 2.17. The molecule has 4 rings (SSSR count). The molecule has 7 heteroatoms. The van der Waals surface area contributed by atoms with Crippen LogP contribution in [0, 0.1) is 6.92 Å². The molecule has 2 heterocycles. The third-order valence-corrected chi connectivity index (χ3v) is 5.79. The summed E-state index contributed by atoms with van der Waals surface area (Å²) in [4.78, 5) is 16.8. The van der Waals surface area contributed by atoms with E-state index in [9.17, 15) is 4.79 Å². The topological polar surface area (TPSA) is 73.6 Å². The first-order chi connectivity index (χ1) is 15.0. The van der Waals surface area contributed by atoms with Crippen LogP contribution in [0.5, 0.6) is 11.5 Å². The van der Waals surface area contributed by atoms with Crippen molar-refractivity contribution in [3.63, 3.8) is 0 Å². The number of para-hydroxylation sites is 1. The van der Waals surface area contributed by atoms with Crippen LogP contribution in [-0.4, -0.2) is 25.1 Å². The number of aryl methyl sites for hydroxylation is 1. The molecule has 0 fully saturated rings. The van der Waals surface area contributed by atoms with Crippen LogP contribution >= 0.6 is 11.3 Å². The second-order valence-electron chi connectivity index (χ2n) is 7.01. The number of amides is 1. The zero-order valence-electron chi connectivity index (χ0n) is 17.7. The van der Waals surface area contributed by atoms with Crippen LogP contribution < -0.4 is 14.8 Å². The number of carbonyl (C=O) groups is 1. The molecule has 1 N–H and O–H groups in total. The Morgan fingerprint density at radius 3 is 2.61 bits per heavy atom. The maximum absolute atomic E-state index is 12.5. The van der Waals surface area contributed by atoms with E-state index in [-0.39, 0.29) is 5.91 Å². The van der Waals surface area contributed by atoms with Crippen LogP contribution in [0.4, 0.5) is 5.13 Å². The lowest BCUT2D eigenvalue weighted by Gasteiger charge is -2.11. The van der Waals surface area contributed by atoms with Gasteiger partial charge in [0.15, 0.2) is 5.13 Å². The van der Waals surface area contributed by atoms with Crippen LogP contribution in [0.15, 0.2) is 58.5 Å². The van der Waals surface area contributed by atoms with Crippen molar-refractivity contribution < 1.29 is 18.7 Å². The second-order valence-corrected chi connectivity index (χ2v) is 7.87. The molecule has 0 aliphatic heterocycles. The summed E-state index contributed by atoms with van der Waals surface area (Å²) in [5, 5.41) is 6.17. The van der Waals surface area contributed by atoms with E-state index in [4.69, 9.17) is 13.9 Å². The van der Waals surface area contributed by atoms with Gasteiger partial charge in [-0.2, -0.15) is 0 Å². The van der Waals surface area contributed by atoms with Crippen molar-refractivity contribution in [3.8, 4) is 22.6 Å². The van der Waals surface area contributed by atoms with Crippen LogP contribution in [-0.2, 0) is 4.79 Å². The summed E-state index contributed by atoms with van der Waals surface area (Å²) >= 11 is 1.39. The molecular weight excluding hydrogens is 412 g/mol. The Bertz CT molecular complexity index is 1290. The molecule has 0 spiro atoms. The summed E-state index contributed by atoms with van der Waals surface area (Å²) in [5.74, 6) is 1.14. The largest absolute Gasteiger partial charge is 0.496 e. The van der Waals surface area contributed by atoms with Gasteiger partial charge in [0.1, 0.15) is 17.1 Å². The van der Waals surface area contributed by atoms with Gasteiger partial charge in [0.2, 0.25) is 5.91 Å². The van der Waals surface area contributed by atoms with Crippen molar-refractivity contribution in [1.29, 1.82) is 0 Å². The zero-order chi connectivity index (χ0) is 22.0. The number of nitrogens with zero attached hydrogens (tertiary/aromatic N) is 1. The third-order valence-electron chi connectivity index (χ3n) is 4.91. The highest BCUT2D eigenvalue weighted by Crippen LogP contribution is 2.40. The molecule has 0 bridgehead atoms. The molecule has 158 valence electrons. The number of hydrogen-bond donors (Lipinski definition) is 1. The van der Waals surface area contributed by atoms with Crippen LogP contribution in [0.25, 0.3) is 27.7 Å². The predicted octanol–water partition coefficient (Wildman–Crippen LogP) is 5.92. The van der Waals surface area contributed by atoms with Crippen molar-refractivity contribution in [2.75, 3.05) is 19.5 Å². The fourth-order valence-electron chi connectivity index (χ4n) is 3.44. The van der Waals surface area contributed by atoms with Crippen molar-refractivity contribution >= 4 is 38.9 Å². The highest BCUT2D eigenvalue weighted by molar-refractivity contribution is 7.13. The summed E-state index contributed by atoms with van der Waals surface area (Å²) in [5.41, 5.74) is 4.97. The molecule has 0 aliphatic rings. The first kappa shape index (κ1) is 20.7.